The Kier molecular flexibility index (Phi) is 5.27. The van der Waals surface area contributed by atoms with E-state index >= 15 is 0 Å². The molecule has 9 aromatic rings. The summed E-state index contributed by atoms with van der Waals surface area (Å²) in [6, 6.07) is 56.8. The third kappa shape index (κ3) is 3.65. The fourth-order valence-electron chi connectivity index (χ4n) is 6.96. The molecule has 0 saturated carbocycles. The van der Waals surface area contributed by atoms with Crippen LogP contribution in [0.1, 0.15) is 0 Å². The molecule has 0 aliphatic rings. The van der Waals surface area contributed by atoms with E-state index in [1.54, 1.807) is 0 Å². The maximum atomic E-state index is 6.36. The molecular formula is C42H26O. The van der Waals surface area contributed by atoms with Gasteiger partial charge in [-0.25, -0.2) is 0 Å². The topological polar surface area (TPSA) is 13.1 Å². The van der Waals surface area contributed by atoms with Crippen LogP contribution in [0.4, 0.5) is 0 Å². The van der Waals surface area contributed by atoms with Gasteiger partial charge in [-0.15, -0.1) is 0 Å². The lowest BCUT2D eigenvalue weighted by molar-refractivity contribution is 0.672. The van der Waals surface area contributed by atoms with Gasteiger partial charge in [0.25, 0.3) is 0 Å². The van der Waals surface area contributed by atoms with Crippen LogP contribution in [0.5, 0.6) is 0 Å². The summed E-state index contributed by atoms with van der Waals surface area (Å²) in [5.41, 5.74) is 9.32. The van der Waals surface area contributed by atoms with Gasteiger partial charge in [0.05, 0.1) is 0 Å². The van der Waals surface area contributed by atoms with Crippen LogP contribution in [0, 0.1) is 0 Å². The van der Waals surface area contributed by atoms with Crippen molar-refractivity contribution in [1.82, 2.24) is 0 Å². The van der Waals surface area contributed by atoms with E-state index in [9.17, 15) is 0 Å². The first kappa shape index (κ1) is 24.0. The molecule has 0 bridgehead atoms. The SMILES string of the molecule is c1ccc(-c2c3ccccc3c(-c3ccc(-c4cc5c6ccccc6oc5c5ccccc45)cc3)c3ccccc23)cc1. The fourth-order valence-corrected chi connectivity index (χ4v) is 6.96. The maximum absolute atomic E-state index is 6.36. The molecule has 1 heterocycles. The lowest BCUT2D eigenvalue weighted by Gasteiger charge is -2.18. The maximum Gasteiger partial charge on any atom is 0.143 e. The Morgan fingerprint density at radius 2 is 0.744 bits per heavy atom. The molecular weight excluding hydrogens is 520 g/mol. The second kappa shape index (κ2) is 9.44. The van der Waals surface area contributed by atoms with Crippen molar-refractivity contribution >= 4 is 54.3 Å². The zero-order valence-electron chi connectivity index (χ0n) is 23.4. The van der Waals surface area contributed by atoms with Gasteiger partial charge in [-0.1, -0.05) is 146 Å². The van der Waals surface area contributed by atoms with Crippen LogP contribution in [-0.4, -0.2) is 0 Å². The van der Waals surface area contributed by atoms with Gasteiger partial charge >= 0.3 is 0 Å². The minimum absolute atomic E-state index is 0.924. The molecule has 0 spiro atoms. The zero-order chi connectivity index (χ0) is 28.3. The first-order valence-corrected chi connectivity index (χ1v) is 14.8. The summed E-state index contributed by atoms with van der Waals surface area (Å²) in [6.45, 7) is 0. The zero-order valence-corrected chi connectivity index (χ0v) is 23.4. The van der Waals surface area contributed by atoms with E-state index in [0.717, 1.165) is 27.3 Å². The quantitative estimate of drug-likeness (QED) is 0.201. The van der Waals surface area contributed by atoms with Crippen molar-refractivity contribution in [2.75, 3.05) is 0 Å². The normalized spacial score (nSPS) is 11.7. The molecule has 9 rings (SSSR count). The molecule has 0 fully saturated rings. The monoisotopic (exact) mass is 546 g/mol. The summed E-state index contributed by atoms with van der Waals surface area (Å²) in [7, 11) is 0. The van der Waals surface area contributed by atoms with Crippen LogP contribution < -0.4 is 0 Å². The molecule has 8 aromatic carbocycles. The van der Waals surface area contributed by atoms with Crippen molar-refractivity contribution in [1.29, 1.82) is 0 Å². The van der Waals surface area contributed by atoms with Crippen molar-refractivity contribution in [2.45, 2.75) is 0 Å². The van der Waals surface area contributed by atoms with Gasteiger partial charge in [-0.05, 0) is 72.4 Å². The van der Waals surface area contributed by atoms with Crippen LogP contribution >= 0.6 is 0 Å². The first-order valence-electron chi connectivity index (χ1n) is 14.8. The van der Waals surface area contributed by atoms with Gasteiger partial charge in [-0.2, -0.15) is 0 Å². The third-order valence-corrected chi connectivity index (χ3v) is 8.86. The molecule has 1 heteroatoms. The Hall–Kier alpha value is -5.66. The summed E-state index contributed by atoms with van der Waals surface area (Å²) >= 11 is 0. The lowest BCUT2D eigenvalue weighted by Crippen LogP contribution is -1.91. The highest BCUT2D eigenvalue weighted by molar-refractivity contribution is 6.22. The molecule has 0 atom stereocenters. The van der Waals surface area contributed by atoms with Gasteiger partial charge in [-0.3, -0.25) is 0 Å². The highest BCUT2D eigenvalue weighted by atomic mass is 16.3. The Morgan fingerprint density at radius 3 is 1.35 bits per heavy atom. The van der Waals surface area contributed by atoms with Crippen LogP contribution in [0.15, 0.2) is 162 Å². The predicted octanol–water partition coefficient (Wildman–Crippen LogP) is 12.0. The molecule has 1 nitrogen and oxygen atoms in total. The summed E-state index contributed by atoms with van der Waals surface area (Å²) in [4.78, 5) is 0. The largest absolute Gasteiger partial charge is 0.455 e. The number of hydrogen-bond donors (Lipinski definition) is 0. The van der Waals surface area contributed by atoms with Gasteiger partial charge in [0.2, 0.25) is 0 Å². The van der Waals surface area contributed by atoms with E-state index in [2.05, 4.69) is 152 Å². The van der Waals surface area contributed by atoms with Crippen LogP contribution in [0.2, 0.25) is 0 Å². The Bertz CT molecular complexity index is 2420. The molecule has 43 heavy (non-hydrogen) atoms. The molecule has 0 saturated heterocycles. The summed E-state index contributed by atoms with van der Waals surface area (Å²) in [6.07, 6.45) is 0. The Morgan fingerprint density at radius 1 is 0.302 bits per heavy atom. The van der Waals surface area contributed by atoms with Crippen molar-refractivity contribution in [2.24, 2.45) is 0 Å². The predicted molar refractivity (Wildman–Crippen MR) is 183 cm³/mol. The molecule has 0 amide bonds. The second-order valence-electron chi connectivity index (χ2n) is 11.2. The fraction of sp³-hybridized carbons (Fsp3) is 0. The number of furan rings is 1. The van der Waals surface area contributed by atoms with Crippen molar-refractivity contribution in [3.8, 4) is 33.4 Å². The third-order valence-electron chi connectivity index (χ3n) is 8.86. The lowest BCUT2D eigenvalue weighted by atomic mass is 9.85. The molecule has 0 unspecified atom stereocenters. The van der Waals surface area contributed by atoms with E-state index in [1.165, 1.54) is 60.3 Å². The summed E-state index contributed by atoms with van der Waals surface area (Å²) < 4.78 is 6.36. The van der Waals surface area contributed by atoms with Crippen molar-refractivity contribution in [3.05, 3.63) is 158 Å². The smallest absolute Gasteiger partial charge is 0.143 e. The van der Waals surface area contributed by atoms with E-state index in [4.69, 9.17) is 4.42 Å². The van der Waals surface area contributed by atoms with E-state index < -0.39 is 0 Å². The minimum Gasteiger partial charge on any atom is -0.455 e. The van der Waals surface area contributed by atoms with E-state index in [-0.39, 0.29) is 0 Å². The highest BCUT2D eigenvalue weighted by Gasteiger charge is 2.18. The Labute approximate surface area is 249 Å². The van der Waals surface area contributed by atoms with Gasteiger partial charge in [0.1, 0.15) is 11.2 Å². The number of rotatable bonds is 3. The molecule has 0 N–H and O–H groups in total. The number of hydrogen-bond acceptors (Lipinski definition) is 1. The molecule has 0 aliphatic heterocycles. The molecule has 200 valence electrons. The average molecular weight is 547 g/mol. The summed E-state index contributed by atoms with van der Waals surface area (Å²) in [5.74, 6) is 0. The minimum atomic E-state index is 0.924. The molecule has 1 aromatic heterocycles. The average Bonchev–Trinajstić information content (AvgIpc) is 3.46. The van der Waals surface area contributed by atoms with Crippen molar-refractivity contribution < 1.29 is 4.42 Å². The number of para-hydroxylation sites is 1. The van der Waals surface area contributed by atoms with Gasteiger partial charge in [0.15, 0.2) is 0 Å². The standard InChI is InChI=1S/C42H26O/c1-2-12-28(13-3-1)40-32-16-5-7-18-34(32)41(35-19-8-6-17-33(35)40)29-24-22-27(23-25-29)37-26-38-31-15-10-11-21-39(31)43-42(38)36-20-9-4-14-30(36)37/h1-26H. The number of benzene rings is 8. The second-order valence-corrected chi connectivity index (χ2v) is 11.2. The van der Waals surface area contributed by atoms with E-state index in [1.807, 2.05) is 6.07 Å². The van der Waals surface area contributed by atoms with Crippen LogP contribution in [-0.2, 0) is 0 Å². The first-order chi connectivity index (χ1) is 21.3. The van der Waals surface area contributed by atoms with Gasteiger partial charge in [0, 0.05) is 16.2 Å². The highest BCUT2D eigenvalue weighted by Crippen LogP contribution is 2.44. The molecule has 0 aliphatic carbocycles. The Balaban J connectivity index is 1.28. The van der Waals surface area contributed by atoms with Crippen molar-refractivity contribution in [3.63, 3.8) is 0 Å². The van der Waals surface area contributed by atoms with E-state index in [0.29, 0.717) is 0 Å². The van der Waals surface area contributed by atoms with Gasteiger partial charge < -0.3 is 4.42 Å². The van der Waals surface area contributed by atoms with Crippen LogP contribution in [0.3, 0.4) is 0 Å². The number of fused-ring (bicyclic) bond motifs is 7. The molecule has 0 radical (unpaired) electrons. The summed E-state index contributed by atoms with van der Waals surface area (Å²) in [5, 5.41) is 9.73. The van der Waals surface area contributed by atoms with Crippen LogP contribution in [0.25, 0.3) is 87.6 Å².